The molecule has 0 saturated carbocycles. The zero-order valence-electron chi connectivity index (χ0n) is 15.9. The van der Waals surface area contributed by atoms with Gasteiger partial charge in [0.2, 0.25) is 0 Å². The van der Waals surface area contributed by atoms with Gasteiger partial charge in [-0.1, -0.05) is 50.2 Å². The van der Waals surface area contributed by atoms with Crippen LogP contribution < -0.4 is 5.32 Å². The molecule has 2 heterocycles. The first-order chi connectivity index (χ1) is 13.1. The first-order valence-electron chi connectivity index (χ1n) is 9.46. The van der Waals surface area contributed by atoms with Crippen molar-refractivity contribution >= 4 is 23.3 Å². The van der Waals surface area contributed by atoms with Gasteiger partial charge in [-0.05, 0) is 22.9 Å². The Labute approximate surface area is 165 Å². The maximum absolute atomic E-state index is 12.6. The fraction of sp³-hybridized carbons (Fsp3) is 0.429. The summed E-state index contributed by atoms with van der Waals surface area (Å²) in [6, 6.07) is 14.0. The van der Waals surface area contributed by atoms with Gasteiger partial charge in [-0.2, -0.15) is 0 Å². The highest BCUT2D eigenvalue weighted by atomic mass is 32.1. The van der Waals surface area contributed by atoms with E-state index in [4.69, 9.17) is 0 Å². The Morgan fingerprint density at radius 1 is 1.00 bits per heavy atom. The number of urea groups is 1. The molecule has 6 heteroatoms. The van der Waals surface area contributed by atoms with Crippen molar-refractivity contribution in [2.75, 3.05) is 32.7 Å². The maximum Gasteiger partial charge on any atom is 0.317 e. The summed E-state index contributed by atoms with van der Waals surface area (Å²) in [7, 11) is 0. The summed E-state index contributed by atoms with van der Waals surface area (Å²) in [6.45, 7) is 7.28. The SMILES string of the molecule is CC(C)C(CNC(=O)N1CCN(C(=O)c2cccs2)CC1)c1ccccc1. The van der Waals surface area contributed by atoms with Gasteiger partial charge in [-0.25, -0.2) is 4.79 Å². The number of nitrogens with zero attached hydrogens (tertiary/aromatic N) is 2. The fourth-order valence-corrected chi connectivity index (χ4v) is 4.11. The van der Waals surface area contributed by atoms with E-state index in [1.54, 1.807) is 4.90 Å². The first-order valence-corrected chi connectivity index (χ1v) is 10.3. The summed E-state index contributed by atoms with van der Waals surface area (Å²) in [5.41, 5.74) is 1.25. The second-order valence-electron chi connectivity index (χ2n) is 7.20. The van der Waals surface area contributed by atoms with E-state index in [9.17, 15) is 9.59 Å². The van der Waals surface area contributed by atoms with E-state index in [1.807, 2.05) is 40.6 Å². The minimum atomic E-state index is -0.0418. The van der Waals surface area contributed by atoms with E-state index in [-0.39, 0.29) is 17.9 Å². The number of rotatable bonds is 5. The van der Waals surface area contributed by atoms with E-state index in [2.05, 4.69) is 31.3 Å². The summed E-state index contributed by atoms with van der Waals surface area (Å²) in [6.07, 6.45) is 0. The van der Waals surface area contributed by atoms with Gasteiger partial charge in [0.1, 0.15) is 0 Å². The van der Waals surface area contributed by atoms with Crippen molar-refractivity contribution in [2.24, 2.45) is 5.92 Å². The quantitative estimate of drug-likeness (QED) is 0.854. The topological polar surface area (TPSA) is 52.7 Å². The van der Waals surface area contributed by atoms with E-state index >= 15 is 0 Å². The molecule has 0 radical (unpaired) electrons. The van der Waals surface area contributed by atoms with Gasteiger partial charge in [0.25, 0.3) is 5.91 Å². The molecule has 0 bridgehead atoms. The maximum atomic E-state index is 12.6. The van der Waals surface area contributed by atoms with Crippen molar-refractivity contribution in [1.29, 1.82) is 0 Å². The van der Waals surface area contributed by atoms with Gasteiger partial charge < -0.3 is 15.1 Å². The third-order valence-corrected chi connectivity index (χ3v) is 5.95. The van der Waals surface area contributed by atoms with Crippen LogP contribution in [0.2, 0.25) is 0 Å². The van der Waals surface area contributed by atoms with Gasteiger partial charge in [0, 0.05) is 38.6 Å². The molecule has 5 nitrogen and oxygen atoms in total. The molecule has 144 valence electrons. The van der Waals surface area contributed by atoms with Crippen molar-refractivity contribution in [3.05, 3.63) is 58.3 Å². The standard InChI is InChI=1S/C21H27N3O2S/c1-16(2)18(17-7-4-3-5-8-17)15-22-21(26)24-12-10-23(11-13-24)20(25)19-9-6-14-27-19/h3-9,14,16,18H,10-13,15H2,1-2H3,(H,22,26). The molecule has 3 rings (SSSR count). The number of hydrogen-bond donors (Lipinski definition) is 1. The monoisotopic (exact) mass is 385 g/mol. The van der Waals surface area contributed by atoms with Gasteiger partial charge in [-0.15, -0.1) is 11.3 Å². The average Bonchev–Trinajstić information content (AvgIpc) is 3.23. The van der Waals surface area contributed by atoms with Crippen LogP contribution in [0, 0.1) is 5.92 Å². The van der Waals surface area contributed by atoms with Gasteiger partial charge in [0.05, 0.1) is 4.88 Å². The predicted molar refractivity (Wildman–Crippen MR) is 109 cm³/mol. The highest BCUT2D eigenvalue weighted by Crippen LogP contribution is 2.23. The summed E-state index contributed by atoms with van der Waals surface area (Å²) in [5, 5.41) is 5.00. The van der Waals surface area contributed by atoms with Crippen molar-refractivity contribution in [3.63, 3.8) is 0 Å². The Kier molecular flexibility index (Phi) is 6.50. The minimum Gasteiger partial charge on any atom is -0.337 e. The van der Waals surface area contributed by atoms with Gasteiger partial charge in [0.15, 0.2) is 0 Å². The highest BCUT2D eigenvalue weighted by Gasteiger charge is 2.26. The molecule has 1 saturated heterocycles. The number of nitrogens with one attached hydrogen (secondary N) is 1. The number of benzene rings is 1. The molecule has 27 heavy (non-hydrogen) atoms. The number of thiophene rings is 1. The Bertz CT molecular complexity index is 738. The number of carbonyl (C=O) groups excluding carboxylic acids is 2. The molecule has 2 aromatic rings. The van der Waals surface area contributed by atoms with Crippen LogP contribution in [-0.2, 0) is 0 Å². The summed E-state index contributed by atoms with van der Waals surface area (Å²) < 4.78 is 0. The van der Waals surface area contributed by atoms with E-state index < -0.39 is 0 Å². The molecule has 1 aromatic carbocycles. The number of amides is 3. The zero-order valence-corrected chi connectivity index (χ0v) is 16.7. The smallest absolute Gasteiger partial charge is 0.317 e. The van der Waals surface area contributed by atoms with Crippen LogP contribution in [0.5, 0.6) is 0 Å². The Hall–Kier alpha value is -2.34. The van der Waals surface area contributed by atoms with Crippen LogP contribution in [0.3, 0.4) is 0 Å². The van der Waals surface area contributed by atoms with Gasteiger partial charge >= 0.3 is 6.03 Å². The van der Waals surface area contributed by atoms with Crippen molar-refractivity contribution in [3.8, 4) is 0 Å². The van der Waals surface area contributed by atoms with Crippen LogP contribution in [0.25, 0.3) is 0 Å². The second kappa shape index (κ2) is 9.04. The third-order valence-electron chi connectivity index (χ3n) is 5.09. The molecule has 3 amide bonds. The minimum absolute atomic E-state index is 0.0418. The Morgan fingerprint density at radius 3 is 2.26 bits per heavy atom. The normalized spacial score (nSPS) is 15.7. The third kappa shape index (κ3) is 4.89. The van der Waals surface area contributed by atoms with Crippen LogP contribution in [0.15, 0.2) is 47.8 Å². The molecule has 0 spiro atoms. The molecular weight excluding hydrogens is 358 g/mol. The Balaban J connectivity index is 1.50. The summed E-state index contributed by atoms with van der Waals surface area (Å²) in [5.74, 6) is 0.791. The first kappa shape index (κ1) is 19.4. The van der Waals surface area contributed by atoms with Crippen molar-refractivity contribution in [2.45, 2.75) is 19.8 Å². The molecule has 1 atom stereocenters. The zero-order chi connectivity index (χ0) is 19.2. The molecule has 1 aliphatic heterocycles. The second-order valence-corrected chi connectivity index (χ2v) is 8.15. The summed E-state index contributed by atoms with van der Waals surface area (Å²) >= 11 is 1.46. The molecule has 1 aromatic heterocycles. The van der Waals surface area contributed by atoms with Crippen LogP contribution >= 0.6 is 11.3 Å². The number of carbonyl (C=O) groups is 2. The molecule has 1 N–H and O–H groups in total. The van der Waals surface area contributed by atoms with Crippen LogP contribution in [0.4, 0.5) is 4.79 Å². The lowest BCUT2D eigenvalue weighted by molar-refractivity contribution is 0.0669. The van der Waals surface area contributed by atoms with Gasteiger partial charge in [-0.3, -0.25) is 4.79 Å². The lowest BCUT2D eigenvalue weighted by atomic mass is 9.88. The predicted octanol–water partition coefficient (Wildman–Crippen LogP) is 3.66. The fourth-order valence-electron chi connectivity index (χ4n) is 3.42. The Morgan fingerprint density at radius 2 is 1.67 bits per heavy atom. The van der Waals surface area contributed by atoms with E-state index in [1.165, 1.54) is 16.9 Å². The average molecular weight is 386 g/mol. The van der Waals surface area contributed by atoms with Crippen LogP contribution in [-0.4, -0.2) is 54.5 Å². The van der Waals surface area contributed by atoms with Crippen LogP contribution in [0.1, 0.15) is 35.0 Å². The molecule has 1 aliphatic rings. The molecule has 1 fully saturated rings. The number of piperazine rings is 1. The number of hydrogen-bond acceptors (Lipinski definition) is 3. The summed E-state index contributed by atoms with van der Waals surface area (Å²) in [4.78, 5) is 29.4. The van der Waals surface area contributed by atoms with Crippen molar-refractivity contribution in [1.82, 2.24) is 15.1 Å². The lowest BCUT2D eigenvalue weighted by Gasteiger charge is -2.35. The van der Waals surface area contributed by atoms with Crippen molar-refractivity contribution < 1.29 is 9.59 Å². The van der Waals surface area contributed by atoms with E-state index in [0.29, 0.717) is 38.6 Å². The lowest BCUT2D eigenvalue weighted by Crippen LogP contribution is -2.53. The molecular formula is C21H27N3O2S. The molecule has 1 unspecified atom stereocenters. The highest BCUT2D eigenvalue weighted by molar-refractivity contribution is 7.12. The largest absolute Gasteiger partial charge is 0.337 e. The van der Waals surface area contributed by atoms with E-state index in [0.717, 1.165) is 4.88 Å². The molecule has 0 aliphatic carbocycles.